The minimum Gasteiger partial charge on any atom is -0.497 e. The molecule has 0 aliphatic carbocycles. The Morgan fingerprint density at radius 3 is 2.17 bits per heavy atom. The van der Waals surface area contributed by atoms with Crippen molar-refractivity contribution < 1.29 is 4.74 Å². The lowest BCUT2D eigenvalue weighted by Gasteiger charge is -2.16. The molecule has 3 aromatic carbocycles. The molecule has 0 radical (unpaired) electrons. The molecule has 1 aromatic heterocycles. The maximum atomic E-state index is 6.02. The Balaban J connectivity index is 1.76. The molecule has 1 heterocycles. The van der Waals surface area contributed by atoms with Gasteiger partial charge >= 0.3 is 0 Å². The van der Waals surface area contributed by atoms with Crippen molar-refractivity contribution in [3.05, 3.63) is 77.3 Å². The second-order valence-corrected chi connectivity index (χ2v) is 7.38. The van der Waals surface area contributed by atoms with Crippen molar-refractivity contribution >= 4 is 45.6 Å². The smallest absolute Gasteiger partial charge is 0.174 e. The summed E-state index contributed by atoms with van der Waals surface area (Å²) in [7, 11) is 1.68. The van der Waals surface area contributed by atoms with E-state index in [1.807, 2.05) is 60.7 Å². The van der Waals surface area contributed by atoms with E-state index in [-0.39, 0.29) is 0 Å². The molecule has 0 saturated carbocycles. The SMILES string of the molecule is CCCc1cc(OC)ccc1Nc1nc2ccccc2nc1Nc1ccc(Cl)cc1. The van der Waals surface area contributed by atoms with Gasteiger partial charge in [-0.25, -0.2) is 9.97 Å². The number of rotatable bonds is 7. The number of halogens is 1. The molecule has 30 heavy (non-hydrogen) atoms. The number of fused-ring (bicyclic) bond motifs is 1. The predicted octanol–water partition coefficient (Wildman–Crippen LogP) is 6.73. The largest absolute Gasteiger partial charge is 0.497 e. The number of methoxy groups -OCH3 is 1. The van der Waals surface area contributed by atoms with Crippen molar-refractivity contribution in [2.24, 2.45) is 0 Å². The number of nitrogens with zero attached hydrogens (tertiary/aromatic N) is 2. The summed E-state index contributed by atoms with van der Waals surface area (Å²) < 4.78 is 5.40. The minimum absolute atomic E-state index is 0.647. The first-order valence-corrected chi connectivity index (χ1v) is 10.3. The van der Waals surface area contributed by atoms with E-state index in [0.717, 1.165) is 41.0 Å². The summed E-state index contributed by atoms with van der Waals surface area (Å²) >= 11 is 6.02. The maximum Gasteiger partial charge on any atom is 0.174 e. The Hall–Kier alpha value is -3.31. The second kappa shape index (κ2) is 9.01. The molecule has 0 fully saturated rings. The van der Waals surface area contributed by atoms with Gasteiger partial charge in [-0.2, -0.15) is 0 Å². The molecule has 152 valence electrons. The van der Waals surface area contributed by atoms with Crippen LogP contribution in [0, 0.1) is 0 Å². The van der Waals surface area contributed by atoms with E-state index in [4.69, 9.17) is 26.3 Å². The highest BCUT2D eigenvalue weighted by molar-refractivity contribution is 6.30. The van der Waals surface area contributed by atoms with Crippen LogP contribution in [0.5, 0.6) is 5.75 Å². The lowest BCUT2D eigenvalue weighted by Crippen LogP contribution is -2.05. The fourth-order valence-corrected chi connectivity index (χ4v) is 3.39. The standard InChI is InChI=1S/C24H23ClN4O/c1-3-6-16-15-19(30-2)13-14-20(16)27-24-23(26-18-11-9-17(25)10-12-18)28-21-7-4-5-8-22(21)29-24/h4-5,7-15H,3,6H2,1-2H3,(H,26,28)(H,27,29). The topological polar surface area (TPSA) is 59.1 Å². The molecule has 0 unspecified atom stereocenters. The van der Waals surface area contributed by atoms with Gasteiger partial charge in [-0.1, -0.05) is 37.1 Å². The van der Waals surface area contributed by atoms with Gasteiger partial charge in [0.05, 0.1) is 18.1 Å². The molecule has 0 saturated heterocycles. The van der Waals surface area contributed by atoms with Crippen LogP contribution in [0.1, 0.15) is 18.9 Å². The number of nitrogens with one attached hydrogen (secondary N) is 2. The predicted molar refractivity (Wildman–Crippen MR) is 125 cm³/mol. The molecule has 0 aliphatic rings. The summed E-state index contributed by atoms with van der Waals surface area (Å²) in [5.41, 5.74) is 4.69. The van der Waals surface area contributed by atoms with Crippen LogP contribution in [0.25, 0.3) is 11.0 Å². The van der Waals surface area contributed by atoms with Crippen molar-refractivity contribution in [1.29, 1.82) is 0 Å². The van der Waals surface area contributed by atoms with Crippen LogP contribution < -0.4 is 15.4 Å². The number of hydrogen-bond acceptors (Lipinski definition) is 5. The van der Waals surface area contributed by atoms with Crippen molar-refractivity contribution in [3.8, 4) is 5.75 Å². The van der Waals surface area contributed by atoms with Gasteiger partial charge in [0.15, 0.2) is 11.6 Å². The molecular formula is C24H23ClN4O. The number of para-hydroxylation sites is 2. The third-order valence-corrected chi connectivity index (χ3v) is 5.01. The summed E-state index contributed by atoms with van der Waals surface area (Å²) in [6.45, 7) is 2.16. The summed E-state index contributed by atoms with van der Waals surface area (Å²) in [6.07, 6.45) is 1.96. The number of anilines is 4. The van der Waals surface area contributed by atoms with Crippen molar-refractivity contribution in [3.63, 3.8) is 0 Å². The Labute approximate surface area is 181 Å². The average molecular weight is 419 g/mol. The van der Waals surface area contributed by atoms with Gasteiger partial charge in [0.1, 0.15) is 5.75 Å². The zero-order valence-corrected chi connectivity index (χ0v) is 17.7. The second-order valence-electron chi connectivity index (χ2n) is 6.94. The Morgan fingerprint density at radius 2 is 1.53 bits per heavy atom. The minimum atomic E-state index is 0.647. The summed E-state index contributed by atoms with van der Waals surface area (Å²) in [5, 5.41) is 7.54. The molecule has 0 amide bonds. The van der Waals surface area contributed by atoms with Crippen molar-refractivity contribution in [1.82, 2.24) is 9.97 Å². The van der Waals surface area contributed by atoms with Crippen LogP contribution >= 0.6 is 11.6 Å². The van der Waals surface area contributed by atoms with Crippen LogP contribution in [0.4, 0.5) is 23.0 Å². The monoisotopic (exact) mass is 418 g/mol. The van der Waals surface area contributed by atoms with Crippen LogP contribution in [-0.4, -0.2) is 17.1 Å². The third kappa shape index (κ3) is 4.47. The third-order valence-electron chi connectivity index (χ3n) is 4.76. The van der Waals surface area contributed by atoms with E-state index in [0.29, 0.717) is 16.7 Å². The van der Waals surface area contributed by atoms with E-state index in [2.05, 4.69) is 23.6 Å². The van der Waals surface area contributed by atoms with E-state index in [1.54, 1.807) is 7.11 Å². The highest BCUT2D eigenvalue weighted by Crippen LogP contribution is 2.31. The van der Waals surface area contributed by atoms with E-state index >= 15 is 0 Å². The molecule has 0 spiro atoms. The Bertz CT molecular complexity index is 1160. The molecule has 0 bridgehead atoms. The molecule has 4 rings (SSSR count). The highest BCUT2D eigenvalue weighted by atomic mass is 35.5. The lowest BCUT2D eigenvalue weighted by atomic mass is 10.1. The molecule has 2 N–H and O–H groups in total. The number of aromatic nitrogens is 2. The molecule has 6 heteroatoms. The van der Waals surface area contributed by atoms with Gasteiger partial charge in [-0.05, 0) is 66.6 Å². The molecular weight excluding hydrogens is 396 g/mol. The fourth-order valence-electron chi connectivity index (χ4n) is 3.27. The normalized spacial score (nSPS) is 10.8. The summed E-state index contributed by atoms with van der Waals surface area (Å²) in [6, 6.07) is 21.4. The lowest BCUT2D eigenvalue weighted by molar-refractivity contribution is 0.414. The zero-order valence-electron chi connectivity index (χ0n) is 16.9. The van der Waals surface area contributed by atoms with Gasteiger partial charge in [-0.3, -0.25) is 0 Å². The van der Waals surface area contributed by atoms with Crippen molar-refractivity contribution in [2.45, 2.75) is 19.8 Å². The molecule has 0 aliphatic heterocycles. The number of ether oxygens (including phenoxy) is 1. The van der Waals surface area contributed by atoms with Gasteiger partial charge in [-0.15, -0.1) is 0 Å². The Morgan fingerprint density at radius 1 is 0.867 bits per heavy atom. The van der Waals surface area contributed by atoms with Crippen LogP contribution in [0.15, 0.2) is 66.7 Å². The van der Waals surface area contributed by atoms with Gasteiger partial charge in [0, 0.05) is 16.4 Å². The van der Waals surface area contributed by atoms with E-state index < -0.39 is 0 Å². The number of aryl methyl sites for hydroxylation is 1. The highest BCUT2D eigenvalue weighted by Gasteiger charge is 2.12. The number of benzene rings is 3. The first kappa shape index (κ1) is 20.0. The van der Waals surface area contributed by atoms with Gasteiger partial charge in [0.25, 0.3) is 0 Å². The van der Waals surface area contributed by atoms with E-state index in [9.17, 15) is 0 Å². The molecule has 4 aromatic rings. The average Bonchev–Trinajstić information content (AvgIpc) is 2.77. The first-order chi connectivity index (χ1) is 14.7. The van der Waals surface area contributed by atoms with Gasteiger partial charge in [0.2, 0.25) is 0 Å². The summed E-state index contributed by atoms with van der Waals surface area (Å²) in [5.74, 6) is 2.15. The Kier molecular flexibility index (Phi) is 6.00. The molecule has 0 atom stereocenters. The fraction of sp³-hybridized carbons (Fsp3) is 0.167. The zero-order chi connectivity index (χ0) is 20.9. The van der Waals surface area contributed by atoms with E-state index in [1.165, 1.54) is 5.56 Å². The van der Waals surface area contributed by atoms with Crippen LogP contribution in [-0.2, 0) is 6.42 Å². The van der Waals surface area contributed by atoms with Crippen LogP contribution in [0.3, 0.4) is 0 Å². The maximum absolute atomic E-state index is 6.02. The summed E-state index contributed by atoms with van der Waals surface area (Å²) in [4.78, 5) is 9.64. The quantitative estimate of drug-likeness (QED) is 0.348. The first-order valence-electron chi connectivity index (χ1n) is 9.89. The van der Waals surface area contributed by atoms with Gasteiger partial charge < -0.3 is 15.4 Å². The van der Waals surface area contributed by atoms with Crippen molar-refractivity contribution in [2.75, 3.05) is 17.7 Å². The van der Waals surface area contributed by atoms with Crippen LogP contribution in [0.2, 0.25) is 5.02 Å². The number of hydrogen-bond donors (Lipinski definition) is 2. The molecule has 5 nitrogen and oxygen atoms in total.